The van der Waals surface area contributed by atoms with Crippen LogP contribution in [0.4, 0.5) is 11.6 Å². The summed E-state index contributed by atoms with van der Waals surface area (Å²) in [6, 6.07) is 7.79. The van der Waals surface area contributed by atoms with E-state index in [1.165, 1.54) is 0 Å². The van der Waals surface area contributed by atoms with Crippen LogP contribution in [-0.4, -0.2) is 63.4 Å². The first-order valence-corrected chi connectivity index (χ1v) is 11.9. The van der Waals surface area contributed by atoms with Gasteiger partial charge in [-0.1, -0.05) is 37.1 Å². The highest BCUT2D eigenvalue weighted by Crippen LogP contribution is 2.21. The summed E-state index contributed by atoms with van der Waals surface area (Å²) in [5, 5.41) is 24.1. The number of nitrogens with zero attached hydrogens (tertiary/aromatic N) is 3. The lowest BCUT2D eigenvalue weighted by Gasteiger charge is -2.18. The van der Waals surface area contributed by atoms with Crippen LogP contribution >= 0.6 is 24.0 Å². The first-order chi connectivity index (χ1) is 16.8. The number of nitrogen functional groups attached to an aromatic ring is 2. The topological polar surface area (TPSA) is 181 Å². The number of nitrogens with one attached hydrogen (secondary N) is 2. The van der Waals surface area contributed by atoms with E-state index < -0.39 is 12.0 Å². The highest BCUT2D eigenvalue weighted by molar-refractivity contribution is 6.31. The Labute approximate surface area is 221 Å². The molecule has 0 bridgehead atoms. The van der Waals surface area contributed by atoms with E-state index >= 15 is 0 Å². The van der Waals surface area contributed by atoms with Gasteiger partial charge in [-0.15, -0.1) is 12.4 Å². The molecule has 0 saturated carbocycles. The molecular formula is C23H33Cl2N7O4. The number of amides is 1. The molecule has 11 nitrogen and oxygen atoms in total. The molecule has 1 amide bonds. The Morgan fingerprint density at radius 1 is 1.22 bits per heavy atom. The van der Waals surface area contributed by atoms with Crippen LogP contribution in [0.3, 0.4) is 0 Å². The van der Waals surface area contributed by atoms with Gasteiger partial charge < -0.3 is 31.7 Å². The van der Waals surface area contributed by atoms with Crippen LogP contribution in [-0.2, 0) is 6.42 Å². The maximum Gasteiger partial charge on any atom is 0.280 e. The fourth-order valence-corrected chi connectivity index (χ4v) is 3.89. The number of carbonyl (C=O) groups excluding carboxylic acids is 1. The predicted octanol–water partition coefficient (Wildman–Crippen LogP) is 1.70. The first-order valence-electron chi connectivity index (χ1n) is 11.6. The van der Waals surface area contributed by atoms with E-state index in [-0.39, 0.29) is 60.2 Å². The Hall–Kier alpha value is -2.86. The molecule has 1 aliphatic heterocycles. The zero-order valence-electron chi connectivity index (χ0n) is 20.0. The highest BCUT2D eigenvalue weighted by atomic mass is 35.5. The molecule has 0 spiro atoms. The van der Waals surface area contributed by atoms with Gasteiger partial charge >= 0.3 is 0 Å². The van der Waals surface area contributed by atoms with Gasteiger partial charge in [0.25, 0.3) is 5.91 Å². The van der Waals surface area contributed by atoms with Gasteiger partial charge in [0.1, 0.15) is 18.5 Å². The van der Waals surface area contributed by atoms with Gasteiger partial charge in [0.2, 0.25) is 0 Å². The molecule has 0 radical (unpaired) electrons. The number of aromatic nitrogens is 2. The Kier molecular flexibility index (Phi) is 11.4. The van der Waals surface area contributed by atoms with E-state index in [1.54, 1.807) is 0 Å². The van der Waals surface area contributed by atoms with Crippen molar-refractivity contribution in [1.82, 2.24) is 20.6 Å². The second-order valence-electron chi connectivity index (χ2n) is 8.36. The number of rotatable bonds is 11. The lowest BCUT2D eigenvalue weighted by Crippen LogP contribution is -2.43. The van der Waals surface area contributed by atoms with Gasteiger partial charge in [-0.2, -0.15) is 0 Å². The van der Waals surface area contributed by atoms with Crippen molar-refractivity contribution in [2.75, 3.05) is 24.7 Å². The number of aliphatic imine (C=N–C) groups is 1. The summed E-state index contributed by atoms with van der Waals surface area (Å²) < 4.78 is 5.44. The SMILES string of the molecule is CCCC1NC(NC(=O)c2nc(Cl)c(N)nc2N)=NC1CCCc1ccc(OC[C@H](O)CO)cc1.Cl. The molecule has 0 fully saturated rings. The molecule has 8 N–H and O–H groups in total. The molecule has 36 heavy (non-hydrogen) atoms. The molecule has 3 atom stereocenters. The summed E-state index contributed by atoms with van der Waals surface area (Å²) in [6.07, 6.45) is 3.61. The molecule has 1 aromatic heterocycles. The number of hydrogen-bond acceptors (Lipinski definition) is 10. The maximum absolute atomic E-state index is 12.6. The van der Waals surface area contributed by atoms with Crippen molar-refractivity contribution in [3.63, 3.8) is 0 Å². The van der Waals surface area contributed by atoms with Gasteiger partial charge in [-0.05, 0) is 43.4 Å². The molecule has 2 unspecified atom stereocenters. The van der Waals surface area contributed by atoms with Gasteiger partial charge in [-0.3, -0.25) is 10.1 Å². The molecule has 198 valence electrons. The van der Waals surface area contributed by atoms with Gasteiger partial charge in [-0.25, -0.2) is 15.0 Å². The molecule has 3 rings (SSSR count). The monoisotopic (exact) mass is 541 g/mol. The van der Waals surface area contributed by atoms with Crippen LogP contribution in [0.2, 0.25) is 5.15 Å². The Bertz CT molecular complexity index is 1040. The number of halogens is 2. The van der Waals surface area contributed by atoms with Crippen LogP contribution < -0.4 is 26.8 Å². The van der Waals surface area contributed by atoms with Gasteiger partial charge in [0.05, 0.1) is 18.7 Å². The average Bonchev–Trinajstić information content (AvgIpc) is 3.21. The van der Waals surface area contributed by atoms with Crippen molar-refractivity contribution >= 4 is 47.5 Å². The number of aliphatic hydroxyl groups is 2. The summed E-state index contributed by atoms with van der Waals surface area (Å²) in [7, 11) is 0. The quantitative estimate of drug-likeness (QED) is 0.246. The van der Waals surface area contributed by atoms with Crippen molar-refractivity contribution < 1.29 is 19.7 Å². The third-order valence-corrected chi connectivity index (χ3v) is 5.85. The lowest BCUT2D eigenvalue weighted by atomic mass is 9.98. The molecule has 1 aromatic carbocycles. The van der Waals surface area contributed by atoms with Crippen molar-refractivity contribution in [1.29, 1.82) is 0 Å². The molecule has 1 aliphatic rings. The Morgan fingerprint density at radius 3 is 2.61 bits per heavy atom. The van der Waals surface area contributed by atoms with Crippen LogP contribution in [0.1, 0.15) is 48.7 Å². The molecule has 2 heterocycles. The summed E-state index contributed by atoms with van der Waals surface area (Å²) in [4.78, 5) is 25.1. The van der Waals surface area contributed by atoms with Crippen molar-refractivity contribution in [3.05, 3.63) is 40.7 Å². The first kappa shape index (κ1) is 29.4. The van der Waals surface area contributed by atoms with Crippen molar-refractivity contribution in [2.45, 2.75) is 57.2 Å². The Morgan fingerprint density at radius 2 is 1.94 bits per heavy atom. The number of guanidine groups is 1. The van der Waals surface area contributed by atoms with E-state index in [2.05, 4.69) is 32.5 Å². The van der Waals surface area contributed by atoms with Crippen LogP contribution in [0.25, 0.3) is 0 Å². The van der Waals surface area contributed by atoms with E-state index in [0.29, 0.717) is 11.7 Å². The minimum absolute atomic E-state index is 0. The summed E-state index contributed by atoms with van der Waals surface area (Å²) in [5.74, 6) is 0.308. The number of nitrogens with two attached hydrogens (primary N) is 2. The highest BCUT2D eigenvalue weighted by Gasteiger charge is 2.29. The number of anilines is 2. The van der Waals surface area contributed by atoms with Crippen LogP contribution in [0, 0.1) is 0 Å². The van der Waals surface area contributed by atoms with Crippen LogP contribution in [0.15, 0.2) is 29.3 Å². The van der Waals surface area contributed by atoms with E-state index in [4.69, 9.17) is 32.9 Å². The third-order valence-electron chi connectivity index (χ3n) is 5.57. The van der Waals surface area contributed by atoms with Crippen molar-refractivity contribution in [2.24, 2.45) is 4.99 Å². The third kappa shape index (κ3) is 8.09. The minimum Gasteiger partial charge on any atom is -0.491 e. The number of carbonyl (C=O) groups is 1. The maximum atomic E-state index is 12.6. The van der Waals surface area contributed by atoms with Crippen molar-refractivity contribution in [3.8, 4) is 5.75 Å². The fourth-order valence-electron chi connectivity index (χ4n) is 3.76. The number of aryl methyl sites for hydroxylation is 1. The second-order valence-corrected chi connectivity index (χ2v) is 8.71. The zero-order chi connectivity index (χ0) is 25.4. The number of ether oxygens (including phenoxy) is 1. The molecule has 0 saturated heterocycles. The summed E-state index contributed by atoms with van der Waals surface area (Å²) >= 11 is 5.88. The van der Waals surface area contributed by atoms with E-state index in [9.17, 15) is 9.90 Å². The molecule has 2 aromatic rings. The average molecular weight is 542 g/mol. The second kappa shape index (κ2) is 14.0. The van der Waals surface area contributed by atoms with Gasteiger partial charge in [0, 0.05) is 0 Å². The van der Waals surface area contributed by atoms with Crippen LogP contribution in [0.5, 0.6) is 5.75 Å². The van der Waals surface area contributed by atoms with E-state index in [0.717, 1.165) is 37.7 Å². The summed E-state index contributed by atoms with van der Waals surface area (Å²) in [5.41, 5.74) is 12.4. The number of benzene rings is 1. The Balaban J connectivity index is 0.00000456. The number of hydrogen-bond donors (Lipinski definition) is 6. The molecular weight excluding hydrogens is 509 g/mol. The summed E-state index contributed by atoms with van der Waals surface area (Å²) in [6.45, 7) is 1.81. The standard InChI is InChI=1S/C23H32ClN7O4.ClH/c1-2-4-16-17(6-3-5-13-7-9-15(10-8-13)35-12-14(33)11-32)28-23(27-16)31-22(34)18-20(25)30-21(26)19(24)29-18;/h7-10,14,16-17,32-33H,2-6,11-12H2,1H3,(H4,25,26,30)(H2,27,28,31,34);1H/t14-,16?,17?;/m1./s1. The largest absolute Gasteiger partial charge is 0.491 e. The lowest BCUT2D eigenvalue weighted by molar-refractivity contribution is 0.0536. The number of aliphatic hydroxyl groups excluding tert-OH is 2. The zero-order valence-corrected chi connectivity index (χ0v) is 21.6. The van der Waals surface area contributed by atoms with E-state index in [1.807, 2.05) is 24.3 Å². The predicted molar refractivity (Wildman–Crippen MR) is 142 cm³/mol. The molecule has 0 aliphatic carbocycles. The fraction of sp³-hybridized carbons (Fsp3) is 0.478. The normalized spacial score (nSPS) is 17.5. The smallest absolute Gasteiger partial charge is 0.280 e. The molecule has 13 heteroatoms. The minimum atomic E-state index is -0.893. The van der Waals surface area contributed by atoms with Gasteiger partial charge in [0.15, 0.2) is 28.4 Å².